The van der Waals surface area contributed by atoms with Gasteiger partial charge in [-0.2, -0.15) is 0 Å². The molecule has 56 valence electrons. The summed E-state index contributed by atoms with van der Waals surface area (Å²) in [5.74, 6) is 0. The highest BCUT2D eigenvalue weighted by molar-refractivity contribution is 8.11. The Kier molecular flexibility index (Phi) is 5.26. The first-order valence-corrected chi connectivity index (χ1v) is 4.73. The van der Waals surface area contributed by atoms with Crippen molar-refractivity contribution in [3.05, 3.63) is 35.8 Å². The van der Waals surface area contributed by atoms with Crippen molar-refractivity contribution in [3.8, 4) is 0 Å². The smallest absolute Gasteiger partial charge is 0.147 e. The molecule has 3 heteroatoms. The summed E-state index contributed by atoms with van der Waals surface area (Å²) < 4.78 is 10.6. The van der Waals surface area contributed by atoms with Crippen molar-refractivity contribution >= 4 is 20.7 Å². The number of hydrogen-bond acceptors (Lipinski definition) is 1. The molecule has 0 aliphatic carbocycles. The zero-order chi connectivity index (χ0) is 7.98. The Morgan fingerprint density at radius 3 is 2.60 bits per heavy atom. The van der Waals surface area contributed by atoms with Crippen molar-refractivity contribution in [2.24, 2.45) is 0 Å². The van der Waals surface area contributed by atoms with Gasteiger partial charge in [0.15, 0.2) is 0 Å². The van der Waals surface area contributed by atoms with Gasteiger partial charge in [-0.05, 0) is 23.7 Å². The first-order valence-electron chi connectivity index (χ1n) is 2.75. The molecule has 0 saturated carbocycles. The van der Waals surface area contributed by atoms with Gasteiger partial charge in [-0.3, -0.25) is 0 Å². The third kappa shape index (κ3) is 3.64. The van der Waals surface area contributed by atoms with Crippen LogP contribution in [0.5, 0.6) is 0 Å². The summed E-state index contributed by atoms with van der Waals surface area (Å²) in [6.45, 7) is 5.25. The van der Waals surface area contributed by atoms with E-state index in [1.54, 1.807) is 31.2 Å². The summed E-state index contributed by atoms with van der Waals surface area (Å²) in [6.07, 6.45) is 6.65. The molecule has 0 aromatic rings. The summed E-state index contributed by atoms with van der Waals surface area (Å²) >= 11 is 0. The Morgan fingerprint density at radius 1 is 1.70 bits per heavy atom. The van der Waals surface area contributed by atoms with Gasteiger partial charge in [-0.15, -0.1) is 0 Å². The van der Waals surface area contributed by atoms with Crippen LogP contribution in [0, 0.1) is 0 Å². The summed E-state index contributed by atoms with van der Waals surface area (Å²) in [7, 11) is 3.89. The monoisotopic (exact) mass is 176 g/mol. The van der Waals surface area contributed by atoms with Crippen LogP contribution < -0.4 is 0 Å². The lowest BCUT2D eigenvalue weighted by atomic mass is 10.4. The second-order valence-electron chi connectivity index (χ2n) is 1.51. The third-order valence-electron chi connectivity index (χ3n) is 0.866. The van der Waals surface area contributed by atoms with E-state index in [9.17, 15) is 4.21 Å². The average Bonchev–Trinajstić information content (AvgIpc) is 1.89. The molecule has 0 aliphatic heterocycles. The molecule has 0 radical (unpaired) electrons. The molecule has 0 bridgehead atoms. The summed E-state index contributed by atoms with van der Waals surface area (Å²) in [4.78, 5) is 0.599. The highest BCUT2D eigenvalue weighted by Gasteiger charge is 1.95. The van der Waals surface area contributed by atoms with Gasteiger partial charge in [0.25, 0.3) is 0 Å². The number of rotatable bonds is 3. The van der Waals surface area contributed by atoms with Crippen molar-refractivity contribution in [2.75, 3.05) is 0 Å². The van der Waals surface area contributed by atoms with E-state index in [0.29, 0.717) is 4.91 Å². The Balaban J connectivity index is 4.25. The Morgan fingerprint density at radius 2 is 2.30 bits per heavy atom. The van der Waals surface area contributed by atoms with E-state index in [4.69, 9.17) is 10.7 Å². The van der Waals surface area contributed by atoms with Crippen LogP contribution in [0.2, 0.25) is 0 Å². The fraction of sp³-hybridized carbons (Fsp3) is 0.143. The van der Waals surface area contributed by atoms with Crippen molar-refractivity contribution in [2.45, 2.75) is 6.92 Å². The summed E-state index contributed by atoms with van der Waals surface area (Å²) in [6, 6.07) is 0. The fourth-order valence-electron chi connectivity index (χ4n) is 0.405. The van der Waals surface area contributed by atoms with Crippen LogP contribution in [0.15, 0.2) is 35.8 Å². The molecular formula is C7H9ClOS. The fourth-order valence-corrected chi connectivity index (χ4v) is 1.20. The minimum absolute atomic E-state index is 0.599. The molecule has 0 fully saturated rings. The van der Waals surface area contributed by atoms with Gasteiger partial charge in [0.1, 0.15) is 10.0 Å². The van der Waals surface area contributed by atoms with E-state index in [1.165, 1.54) is 0 Å². The molecule has 0 aromatic carbocycles. The topological polar surface area (TPSA) is 17.1 Å². The van der Waals surface area contributed by atoms with E-state index < -0.39 is 10.0 Å². The molecule has 1 atom stereocenters. The molecule has 0 heterocycles. The maximum Gasteiger partial charge on any atom is 0.147 e. The van der Waals surface area contributed by atoms with Gasteiger partial charge in [0, 0.05) is 0 Å². The molecule has 0 aliphatic rings. The van der Waals surface area contributed by atoms with E-state index >= 15 is 0 Å². The minimum Gasteiger partial charge on any atom is -0.237 e. The lowest BCUT2D eigenvalue weighted by Gasteiger charge is -1.88. The molecule has 0 saturated heterocycles. The zero-order valence-electron chi connectivity index (χ0n) is 5.71. The number of halogens is 1. The van der Waals surface area contributed by atoms with Crippen molar-refractivity contribution < 1.29 is 4.21 Å². The van der Waals surface area contributed by atoms with Crippen LogP contribution in [0.25, 0.3) is 0 Å². The summed E-state index contributed by atoms with van der Waals surface area (Å²) in [5, 5.41) is 0. The van der Waals surface area contributed by atoms with Crippen LogP contribution >= 0.6 is 10.7 Å². The molecule has 0 spiro atoms. The first kappa shape index (κ1) is 9.66. The number of hydrogen-bond donors (Lipinski definition) is 0. The van der Waals surface area contributed by atoms with Gasteiger partial charge in [0.2, 0.25) is 0 Å². The average molecular weight is 177 g/mol. The molecule has 0 amide bonds. The molecule has 0 N–H and O–H groups in total. The molecule has 1 nitrogen and oxygen atoms in total. The predicted molar refractivity (Wildman–Crippen MR) is 47.1 cm³/mol. The lowest BCUT2D eigenvalue weighted by Crippen LogP contribution is -1.79. The Bertz CT molecular complexity index is 194. The minimum atomic E-state index is -1.41. The summed E-state index contributed by atoms with van der Waals surface area (Å²) in [5.41, 5.74) is 0. The van der Waals surface area contributed by atoms with E-state index in [-0.39, 0.29) is 0 Å². The van der Waals surface area contributed by atoms with Crippen molar-refractivity contribution in [1.82, 2.24) is 0 Å². The van der Waals surface area contributed by atoms with Gasteiger partial charge in [-0.1, -0.05) is 24.8 Å². The molecule has 1 unspecified atom stereocenters. The van der Waals surface area contributed by atoms with Crippen LogP contribution in [0.4, 0.5) is 0 Å². The maximum atomic E-state index is 10.6. The molecular weight excluding hydrogens is 168 g/mol. The molecule has 10 heavy (non-hydrogen) atoms. The van der Waals surface area contributed by atoms with Crippen LogP contribution in [0.1, 0.15) is 6.92 Å². The van der Waals surface area contributed by atoms with E-state index in [1.807, 2.05) is 0 Å². The van der Waals surface area contributed by atoms with Crippen LogP contribution in [-0.2, 0) is 10.0 Å². The standard InChI is InChI=1S/C7H9ClOS/c1-3-5-6-7(4-2)10(8)9/h3-6H,1H2,2H3/b6-5-,7-4+. The highest BCUT2D eigenvalue weighted by Crippen LogP contribution is 2.07. The second-order valence-corrected chi connectivity index (χ2v) is 3.27. The quantitative estimate of drug-likeness (QED) is 0.477. The van der Waals surface area contributed by atoms with E-state index in [0.717, 1.165) is 0 Å². The van der Waals surface area contributed by atoms with Gasteiger partial charge in [-0.25, -0.2) is 4.21 Å². The largest absolute Gasteiger partial charge is 0.237 e. The van der Waals surface area contributed by atoms with Gasteiger partial charge >= 0.3 is 0 Å². The Labute approximate surface area is 68.0 Å². The van der Waals surface area contributed by atoms with E-state index in [2.05, 4.69) is 6.58 Å². The predicted octanol–water partition coefficient (Wildman–Crippen LogP) is 2.53. The highest BCUT2D eigenvalue weighted by atomic mass is 35.7. The normalized spacial score (nSPS) is 15.6. The molecule has 0 aromatic heterocycles. The second kappa shape index (κ2) is 5.45. The third-order valence-corrected chi connectivity index (χ3v) is 2.14. The zero-order valence-corrected chi connectivity index (χ0v) is 7.28. The van der Waals surface area contributed by atoms with Gasteiger partial charge < -0.3 is 0 Å². The van der Waals surface area contributed by atoms with Crippen LogP contribution in [0.3, 0.4) is 0 Å². The van der Waals surface area contributed by atoms with Crippen molar-refractivity contribution in [1.29, 1.82) is 0 Å². The Hall–Kier alpha value is -0.340. The van der Waals surface area contributed by atoms with Crippen LogP contribution in [-0.4, -0.2) is 4.21 Å². The van der Waals surface area contributed by atoms with Crippen molar-refractivity contribution in [3.63, 3.8) is 0 Å². The maximum absolute atomic E-state index is 10.6. The number of allylic oxidation sites excluding steroid dienone is 4. The molecule has 0 rings (SSSR count). The van der Waals surface area contributed by atoms with Gasteiger partial charge in [0.05, 0.1) is 4.91 Å². The first-order chi connectivity index (χ1) is 4.72. The SMILES string of the molecule is C=C/C=C\C(=C/C)S(=O)Cl. The lowest BCUT2D eigenvalue weighted by molar-refractivity contribution is 0.695.